The highest BCUT2D eigenvalue weighted by molar-refractivity contribution is 4.86. The maximum atomic E-state index is 6.11. The summed E-state index contributed by atoms with van der Waals surface area (Å²) in [5.41, 5.74) is 0.107. The SMILES string of the molecule is CC(C)CC1CN(CC2CCC(C)(C)O2)CCN1. The first-order chi connectivity index (χ1) is 8.44. The molecule has 0 aliphatic carbocycles. The molecule has 2 aliphatic heterocycles. The van der Waals surface area contributed by atoms with Crippen molar-refractivity contribution >= 4 is 0 Å². The molecular weight excluding hydrogens is 224 g/mol. The average Bonchev–Trinajstić information content (AvgIpc) is 2.57. The second-order valence-corrected chi connectivity index (χ2v) is 7.08. The summed E-state index contributed by atoms with van der Waals surface area (Å²) in [6.45, 7) is 13.7. The van der Waals surface area contributed by atoms with Crippen LogP contribution in [0.1, 0.15) is 47.0 Å². The van der Waals surface area contributed by atoms with Gasteiger partial charge in [-0.15, -0.1) is 0 Å². The minimum atomic E-state index is 0.107. The Labute approximate surface area is 112 Å². The Bertz CT molecular complexity index is 265. The molecule has 2 heterocycles. The Hall–Kier alpha value is -0.120. The highest BCUT2D eigenvalue weighted by Crippen LogP contribution is 2.29. The number of nitrogens with one attached hydrogen (secondary N) is 1. The molecule has 0 radical (unpaired) electrons. The van der Waals surface area contributed by atoms with E-state index in [1.807, 2.05) is 0 Å². The fourth-order valence-corrected chi connectivity index (χ4v) is 3.28. The first kappa shape index (κ1) is 14.3. The van der Waals surface area contributed by atoms with Crippen LogP contribution in [0, 0.1) is 5.92 Å². The van der Waals surface area contributed by atoms with E-state index in [0.29, 0.717) is 12.1 Å². The van der Waals surface area contributed by atoms with Gasteiger partial charge in [-0.05, 0) is 39.0 Å². The van der Waals surface area contributed by atoms with Gasteiger partial charge >= 0.3 is 0 Å². The minimum Gasteiger partial charge on any atom is -0.371 e. The van der Waals surface area contributed by atoms with E-state index in [-0.39, 0.29) is 5.60 Å². The Morgan fingerprint density at radius 1 is 1.39 bits per heavy atom. The molecular formula is C15H30N2O. The van der Waals surface area contributed by atoms with Crippen molar-refractivity contribution in [3.05, 3.63) is 0 Å². The molecule has 0 amide bonds. The third-order valence-electron chi connectivity index (χ3n) is 4.11. The zero-order valence-corrected chi connectivity index (χ0v) is 12.5. The van der Waals surface area contributed by atoms with E-state index in [9.17, 15) is 0 Å². The number of nitrogens with zero attached hydrogens (tertiary/aromatic N) is 1. The summed E-state index contributed by atoms with van der Waals surface area (Å²) in [5, 5.41) is 3.64. The Balaban J connectivity index is 1.76. The summed E-state index contributed by atoms with van der Waals surface area (Å²) in [4.78, 5) is 2.59. The number of ether oxygens (including phenoxy) is 1. The molecule has 2 rings (SSSR count). The van der Waals surface area contributed by atoms with Gasteiger partial charge in [-0.3, -0.25) is 4.90 Å². The van der Waals surface area contributed by atoms with Gasteiger partial charge in [-0.25, -0.2) is 0 Å². The van der Waals surface area contributed by atoms with Gasteiger partial charge in [0.25, 0.3) is 0 Å². The van der Waals surface area contributed by atoms with Gasteiger partial charge < -0.3 is 10.1 Å². The second-order valence-electron chi connectivity index (χ2n) is 7.08. The topological polar surface area (TPSA) is 24.5 Å². The van der Waals surface area contributed by atoms with E-state index in [2.05, 4.69) is 37.9 Å². The molecule has 2 atom stereocenters. The quantitative estimate of drug-likeness (QED) is 0.833. The van der Waals surface area contributed by atoms with Crippen LogP contribution in [0.15, 0.2) is 0 Å². The Morgan fingerprint density at radius 3 is 2.78 bits per heavy atom. The molecule has 3 nitrogen and oxygen atoms in total. The monoisotopic (exact) mass is 254 g/mol. The van der Waals surface area contributed by atoms with Crippen LogP contribution in [-0.2, 0) is 4.74 Å². The van der Waals surface area contributed by atoms with Gasteiger partial charge in [0.05, 0.1) is 11.7 Å². The molecule has 0 aromatic rings. The molecule has 0 aromatic carbocycles. The van der Waals surface area contributed by atoms with E-state index in [0.717, 1.165) is 19.0 Å². The molecule has 0 spiro atoms. The van der Waals surface area contributed by atoms with Crippen molar-refractivity contribution in [3.8, 4) is 0 Å². The van der Waals surface area contributed by atoms with Crippen LogP contribution < -0.4 is 5.32 Å². The summed E-state index contributed by atoms with van der Waals surface area (Å²) in [7, 11) is 0. The van der Waals surface area contributed by atoms with Gasteiger partial charge in [-0.1, -0.05) is 13.8 Å². The third-order valence-corrected chi connectivity index (χ3v) is 4.11. The highest BCUT2D eigenvalue weighted by atomic mass is 16.5. The van der Waals surface area contributed by atoms with E-state index in [4.69, 9.17) is 4.74 Å². The van der Waals surface area contributed by atoms with Crippen molar-refractivity contribution in [2.24, 2.45) is 5.92 Å². The van der Waals surface area contributed by atoms with Crippen LogP contribution in [0.25, 0.3) is 0 Å². The molecule has 3 heteroatoms. The lowest BCUT2D eigenvalue weighted by Gasteiger charge is -2.36. The molecule has 0 bridgehead atoms. The van der Waals surface area contributed by atoms with Crippen molar-refractivity contribution < 1.29 is 4.74 Å². The van der Waals surface area contributed by atoms with Crippen LogP contribution in [0.2, 0.25) is 0 Å². The molecule has 0 saturated carbocycles. The molecule has 0 aromatic heterocycles. The smallest absolute Gasteiger partial charge is 0.0710 e. The molecule has 1 N–H and O–H groups in total. The number of hydrogen-bond acceptors (Lipinski definition) is 3. The van der Waals surface area contributed by atoms with Crippen molar-refractivity contribution in [2.45, 2.75) is 64.7 Å². The fourth-order valence-electron chi connectivity index (χ4n) is 3.28. The third kappa shape index (κ3) is 4.22. The molecule has 18 heavy (non-hydrogen) atoms. The average molecular weight is 254 g/mol. The van der Waals surface area contributed by atoms with Gasteiger partial charge in [0.2, 0.25) is 0 Å². The summed E-state index contributed by atoms with van der Waals surface area (Å²) in [6, 6.07) is 0.674. The number of piperazine rings is 1. The van der Waals surface area contributed by atoms with Gasteiger partial charge in [0, 0.05) is 32.2 Å². The largest absolute Gasteiger partial charge is 0.371 e. The van der Waals surface area contributed by atoms with E-state index in [1.54, 1.807) is 0 Å². The zero-order valence-electron chi connectivity index (χ0n) is 12.5. The van der Waals surface area contributed by atoms with Crippen LogP contribution >= 0.6 is 0 Å². The lowest BCUT2D eigenvalue weighted by molar-refractivity contribution is -0.0316. The minimum absolute atomic E-state index is 0.107. The van der Waals surface area contributed by atoms with E-state index < -0.39 is 0 Å². The first-order valence-corrected chi connectivity index (χ1v) is 7.58. The first-order valence-electron chi connectivity index (χ1n) is 7.58. The molecule has 2 saturated heterocycles. The molecule has 2 aliphatic rings. The van der Waals surface area contributed by atoms with Crippen molar-refractivity contribution in [1.29, 1.82) is 0 Å². The standard InChI is InChI=1S/C15H30N2O/c1-12(2)9-13-10-17(8-7-16-13)11-14-5-6-15(3,4)18-14/h12-14,16H,5-11H2,1-4H3. The van der Waals surface area contributed by atoms with Crippen molar-refractivity contribution in [2.75, 3.05) is 26.2 Å². The summed E-state index contributed by atoms with van der Waals surface area (Å²) in [6.07, 6.45) is 4.18. The van der Waals surface area contributed by atoms with Crippen molar-refractivity contribution in [3.63, 3.8) is 0 Å². The Kier molecular flexibility index (Phi) is 4.68. The van der Waals surface area contributed by atoms with E-state index >= 15 is 0 Å². The molecule has 2 fully saturated rings. The zero-order chi connectivity index (χ0) is 13.2. The van der Waals surface area contributed by atoms with Gasteiger partial charge in [-0.2, -0.15) is 0 Å². The predicted octanol–water partition coefficient (Wildman–Crippen LogP) is 2.26. The van der Waals surface area contributed by atoms with E-state index in [1.165, 1.54) is 32.4 Å². The van der Waals surface area contributed by atoms with Crippen LogP contribution in [0.5, 0.6) is 0 Å². The normalized spacial score (nSPS) is 33.2. The summed E-state index contributed by atoms with van der Waals surface area (Å²) in [5.74, 6) is 0.782. The van der Waals surface area contributed by atoms with Crippen LogP contribution in [0.4, 0.5) is 0 Å². The lowest BCUT2D eigenvalue weighted by Crippen LogP contribution is -2.52. The maximum absolute atomic E-state index is 6.11. The van der Waals surface area contributed by atoms with Crippen LogP contribution in [0.3, 0.4) is 0 Å². The maximum Gasteiger partial charge on any atom is 0.0710 e. The van der Waals surface area contributed by atoms with Crippen LogP contribution in [-0.4, -0.2) is 48.8 Å². The number of rotatable bonds is 4. The lowest BCUT2D eigenvalue weighted by atomic mass is 10.0. The predicted molar refractivity (Wildman–Crippen MR) is 75.9 cm³/mol. The van der Waals surface area contributed by atoms with Crippen molar-refractivity contribution in [1.82, 2.24) is 10.2 Å². The Morgan fingerprint density at radius 2 is 2.17 bits per heavy atom. The summed E-state index contributed by atoms with van der Waals surface area (Å²) < 4.78 is 6.11. The number of hydrogen-bond donors (Lipinski definition) is 1. The molecule has 106 valence electrons. The second kappa shape index (κ2) is 5.89. The fraction of sp³-hybridized carbons (Fsp3) is 1.00. The summed E-state index contributed by atoms with van der Waals surface area (Å²) >= 11 is 0. The highest BCUT2D eigenvalue weighted by Gasteiger charge is 2.33. The molecule has 2 unspecified atom stereocenters. The van der Waals surface area contributed by atoms with Gasteiger partial charge in [0.15, 0.2) is 0 Å². The van der Waals surface area contributed by atoms with Gasteiger partial charge in [0.1, 0.15) is 0 Å².